The minimum Gasteiger partial charge on any atom is -0.326 e. The molecule has 5 nitrogen and oxygen atoms in total. The number of amides is 1. The quantitative estimate of drug-likeness (QED) is 0.698. The van der Waals surface area contributed by atoms with Crippen molar-refractivity contribution in [3.63, 3.8) is 0 Å². The fourth-order valence-corrected chi connectivity index (χ4v) is 3.48. The van der Waals surface area contributed by atoms with Crippen molar-refractivity contribution < 1.29 is 4.79 Å². The molecule has 0 aliphatic carbocycles. The topological polar surface area (TPSA) is 68.1 Å². The van der Waals surface area contributed by atoms with Crippen LogP contribution in [0.5, 0.6) is 0 Å². The monoisotopic (exact) mass is 376 g/mol. The number of carbonyl (C=O) groups is 1. The molecule has 1 amide bonds. The van der Waals surface area contributed by atoms with Gasteiger partial charge in [-0.25, -0.2) is 10.3 Å². The number of nitrogens with zero attached hydrogens (tertiary/aromatic N) is 2. The van der Waals surface area contributed by atoms with Gasteiger partial charge in [-0.2, -0.15) is 0 Å². The Morgan fingerprint density at radius 2 is 2.04 bits per heavy atom. The van der Waals surface area contributed by atoms with E-state index < -0.39 is 0 Å². The molecule has 1 aromatic heterocycles. The Kier molecular flexibility index (Phi) is 4.73. The Morgan fingerprint density at radius 3 is 2.74 bits per heavy atom. The number of amidine groups is 1. The van der Waals surface area contributed by atoms with Gasteiger partial charge in [0.1, 0.15) is 0 Å². The van der Waals surface area contributed by atoms with E-state index in [1.54, 1.807) is 5.51 Å². The van der Waals surface area contributed by atoms with E-state index in [0.717, 1.165) is 34.2 Å². The number of hydrogen-bond acceptors (Lipinski definition) is 5. The van der Waals surface area contributed by atoms with Gasteiger partial charge in [-0.1, -0.05) is 38.1 Å². The Balaban J connectivity index is 1.43. The molecule has 4 rings (SSSR count). The maximum absolute atomic E-state index is 12.4. The normalized spacial score (nSPS) is 12.5. The van der Waals surface area contributed by atoms with E-state index in [4.69, 9.17) is 0 Å². The zero-order valence-corrected chi connectivity index (χ0v) is 16.0. The van der Waals surface area contributed by atoms with Gasteiger partial charge < -0.3 is 5.32 Å². The zero-order valence-electron chi connectivity index (χ0n) is 15.2. The van der Waals surface area contributed by atoms with Gasteiger partial charge in [-0.15, -0.1) is 11.3 Å². The number of nitrogens with one attached hydrogen (secondary N) is 2. The number of fused-ring (bicyclic) bond motifs is 1. The van der Waals surface area contributed by atoms with Crippen LogP contribution in [0.2, 0.25) is 0 Å². The summed E-state index contributed by atoms with van der Waals surface area (Å²) >= 11 is 1.53. The zero-order chi connectivity index (χ0) is 18.8. The van der Waals surface area contributed by atoms with Crippen LogP contribution < -0.4 is 15.6 Å². The summed E-state index contributed by atoms with van der Waals surface area (Å²) in [5, 5.41) is 8.16. The lowest BCUT2D eigenvalue weighted by Gasteiger charge is -2.08. The van der Waals surface area contributed by atoms with Gasteiger partial charge in [-0.05, 0) is 34.2 Å². The Hall–Kier alpha value is -2.99. The molecule has 1 radical (unpaired) electrons. The SMILES string of the molecule is CC(C)c1ccc(CC(=O)Nc2ccc3c(c2)[N+]=C(c2cscn2)N3)cc1. The van der Waals surface area contributed by atoms with Gasteiger partial charge in [0.15, 0.2) is 11.4 Å². The molecule has 3 aromatic rings. The lowest BCUT2D eigenvalue weighted by atomic mass is 10.0. The number of carbonyl (C=O) groups excluding carboxylic acids is 1. The molecule has 2 heterocycles. The summed E-state index contributed by atoms with van der Waals surface area (Å²) in [5.41, 5.74) is 7.34. The number of aromatic nitrogens is 1. The van der Waals surface area contributed by atoms with Crippen molar-refractivity contribution in [2.45, 2.75) is 26.2 Å². The largest absolute Gasteiger partial charge is 0.348 e. The summed E-state index contributed by atoms with van der Waals surface area (Å²) < 4.78 is 0. The minimum atomic E-state index is -0.0399. The van der Waals surface area contributed by atoms with Crippen molar-refractivity contribution in [1.82, 2.24) is 9.98 Å². The first-order valence-electron chi connectivity index (χ1n) is 8.85. The number of hydrogen-bond donors (Lipinski definition) is 2. The lowest BCUT2D eigenvalue weighted by molar-refractivity contribution is -0.115. The molecule has 2 aromatic carbocycles. The van der Waals surface area contributed by atoms with Crippen LogP contribution in [0.25, 0.3) is 0 Å². The first-order chi connectivity index (χ1) is 13.1. The number of aliphatic imine (C=N–C) groups is 1. The standard InChI is InChI=1S/C21H20N4OS/c1-13(2)15-5-3-14(4-6-15)9-20(26)23-16-7-8-17-18(10-16)25-21(24-17)19-11-27-12-22-19/h3-8,10-13,24H,9H2,1-2H3,(H,23,26)/q+1. The third-order valence-electron chi connectivity index (χ3n) is 4.45. The van der Waals surface area contributed by atoms with Gasteiger partial charge in [0.05, 0.1) is 11.9 Å². The van der Waals surface area contributed by atoms with Gasteiger partial charge in [0, 0.05) is 17.1 Å². The van der Waals surface area contributed by atoms with E-state index in [1.165, 1.54) is 16.9 Å². The van der Waals surface area contributed by atoms with Gasteiger partial charge >= 0.3 is 5.84 Å². The fraction of sp³-hybridized carbons (Fsp3) is 0.190. The number of thiazole rings is 1. The highest BCUT2D eigenvalue weighted by atomic mass is 32.1. The highest BCUT2D eigenvalue weighted by molar-refractivity contribution is 7.07. The highest BCUT2D eigenvalue weighted by Crippen LogP contribution is 2.29. The van der Waals surface area contributed by atoms with Crippen molar-refractivity contribution in [2.24, 2.45) is 0 Å². The fourth-order valence-electron chi connectivity index (χ4n) is 2.95. The van der Waals surface area contributed by atoms with E-state index in [1.807, 2.05) is 35.7 Å². The van der Waals surface area contributed by atoms with Crippen LogP contribution >= 0.6 is 11.3 Å². The molecule has 0 unspecified atom stereocenters. The summed E-state index contributed by atoms with van der Waals surface area (Å²) in [4.78, 5) is 21.2. The van der Waals surface area contributed by atoms with Crippen molar-refractivity contribution in [2.75, 3.05) is 10.6 Å². The van der Waals surface area contributed by atoms with E-state index in [9.17, 15) is 4.79 Å². The van der Waals surface area contributed by atoms with E-state index in [-0.39, 0.29) is 5.91 Å². The molecule has 27 heavy (non-hydrogen) atoms. The highest BCUT2D eigenvalue weighted by Gasteiger charge is 2.27. The molecule has 2 N–H and O–H groups in total. The van der Waals surface area contributed by atoms with Gasteiger partial charge in [-0.3, -0.25) is 4.79 Å². The molecule has 0 fully saturated rings. The van der Waals surface area contributed by atoms with Crippen LogP contribution in [0.15, 0.2) is 53.4 Å². The molecule has 1 aliphatic rings. The average Bonchev–Trinajstić information content (AvgIpc) is 3.31. The van der Waals surface area contributed by atoms with Crippen molar-refractivity contribution in [3.8, 4) is 0 Å². The van der Waals surface area contributed by atoms with Crippen LogP contribution in [-0.4, -0.2) is 16.7 Å². The van der Waals surface area contributed by atoms with Gasteiger partial charge in [0.25, 0.3) is 0 Å². The average molecular weight is 376 g/mol. The molecule has 0 saturated carbocycles. The van der Waals surface area contributed by atoms with Crippen LogP contribution in [0.3, 0.4) is 0 Å². The predicted molar refractivity (Wildman–Crippen MR) is 111 cm³/mol. The summed E-state index contributed by atoms with van der Waals surface area (Å²) in [7, 11) is 0. The Morgan fingerprint density at radius 1 is 1.22 bits per heavy atom. The summed E-state index contributed by atoms with van der Waals surface area (Å²) in [6.07, 6.45) is 0.348. The van der Waals surface area contributed by atoms with Crippen LogP contribution in [0.1, 0.15) is 36.6 Å². The summed E-state index contributed by atoms with van der Waals surface area (Å²) in [5.74, 6) is 1.18. The van der Waals surface area contributed by atoms with Crippen LogP contribution in [0, 0.1) is 0 Å². The maximum Gasteiger partial charge on any atom is 0.348 e. The second-order valence-corrected chi connectivity index (χ2v) is 7.53. The summed E-state index contributed by atoms with van der Waals surface area (Å²) in [6, 6.07) is 13.9. The van der Waals surface area contributed by atoms with Crippen molar-refractivity contribution in [1.29, 1.82) is 0 Å². The minimum absolute atomic E-state index is 0.0399. The predicted octanol–water partition coefficient (Wildman–Crippen LogP) is 4.29. The first kappa shape index (κ1) is 17.4. The second kappa shape index (κ2) is 7.32. The molecule has 1 aliphatic heterocycles. The van der Waals surface area contributed by atoms with Crippen LogP contribution in [0.4, 0.5) is 17.1 Å². The van der Waals surface area contributed by atoms with Crippen molar-refractivity contribution >= 4 is 40.1 Å². The van der Waals surface area contributed by atoms with E-state index >= 15 is 0 Å². The van der Waals surface area contributed by atoms with E-state index in [0.29, 0.717) is 12.3 Å². The Bertz CT molecular complexity index is 992. The van der Waals surface area contributed by atoms with E-state index in [2.05, 4.69) is 46.6 Å². The molecule has 0 saturated heterocycles. The lowest BCUT2D eigenvalue weighted by Crippen LogP contribution is -2.14. The van der Waals surface area contributed by atoms with Gasteiger partial charge in [0.2, 0.25) is 11.6 Å². The van der Waals surface area contributed by atoms with Crippen molar-refractivity contribution in [3.05, 3.63) is 70.2 Å². The first-order valence-corrected chi connectivity index (χ1v) is 9.80. The number of rotatable bonds is 5. The third-order valence-corrected chi connectivity index (χ3v) is 5.04. The number of anilines is 2. The maximum atomic E-state index is 12.4. The molecule has 0 bridgehead atoms. The smallest absolute Gasteiger partial charge is 0.326 e. The van der Waals surface area contributed by atoms with Crippen LogP contribution in [-0.2, 0) is 11.2 Å². The summed E-state index contributed by atoms with van der Waals surface area (Å²) in [6.45, 7) is 4.32. The molecule has 6 heteroatoms. The molecular weight excluding hydrogens is 356 g/mol. The second-order valence-electron chi connectivity index (χ2n) is 6.81. The molecule has 0 atom stereocenters. The molecule has 135 valence electrons. The molecule has 0 spiro atoms. The molecular formula is C21H20N4OS+. The number of benzene rings is 2. The third kappa shape index (κ3) is 3.90. The Labute approximate surface area is 162 Å².